The highest BCUT2D eigenvalue weighted by atomic mass is 16.3. The van der Waals surface area contributed by atoms with Gasteiger partial charge in [-0.15, -0.1) is 0 Å². The lowest BCUT2D eigenvalue weighted by Crippen LogP contribution is -2.26. The predicted octanol–water partition coefficient (Wildman–Crippen LogP) is 1.15. The first-order valence-electron chi connectivity index (χ1n) is 4.58. The first kappa shape index (κ1) is 9.01. The largest absolute Gasteiger partial charge is 0.396 e. The van der Waals surface area contributed by atoms with Crippen molar-refractivity contribution in [3.8, 4) is 0 Å². The minimum Gasteiger partial charge on any atom is -0.396 e. The summed E-state index contributed by atoms with van der Waals surface area (Å²) in [4.78, 5) is 0. The number of hydrogen-bond donors (Lipinski definition) is 2. The third kappa shape index (κ3) is 2.17. The van der Waals surface area contributed by atoms with Gasteiger partial charge in [0.25, 0.3) is 0 Å². The maximum Gasteiger partial charge on any atom is 0.0487 e. The molecule has 0 radical (unpaired) electrons. The standard InChI is InChI=1S/C9H19NO/c1-10-7-6-9(8-11)4-2-3-5-9/h10-11H,2-8H2,1H3. The summed E-state index contributed by atoms with van der Waals surface area (Å²) in [5, 5.41) is 12.4. The van der Waals surface area contributed by atoms with Crippen LogP contribution in [0.25, 0.3) is 0 Å². The number of rotatable bonds is 4. The Morgan fingerprint density at radius 1 is 1.36 bits per heavy atom. The van der Waals surface area contributed by atoms with Gasteiger partial charge in [0.1, 0.15) is 0 Å². The first-order chi connectivity index (χ1) is 5.33. The molecule has 66 valence electrons. The zero-order valence-electron chi connectivity index (χ0n) is 7.40. The van der Waals surface area contributed by atoms with Gasteiger partial charge in [-0.1, -0.05) is 12.8 Å². The highest BCUT2D eigenvalue weighted by Crippen LogP contribution is 2.40. The molecule has 0 aromatic heterocycles. The molecule has 11 heavy (non-hydrogen) atoms. The number of aliphatic hydroxyl groups is 1. The van der Waals surface area contributed by atoms with Crippen LogP contribution >= 0.6 is 0 Å². The van der Waals surface area contributed by atoms with E-state index in [0.717, 1.165) is 13.0 Å². The van der Waals surface area contributed by atoms with Crippen LogP contribution in [0.2, 0.25) is 0 Å². The van der Waals surface area contributed by atoms with Gasteiger partial charge < -0.3 is 10.4 Å². The van der Waals surface area contributed by atoms with E-state index in [1.54, 1.807) is 0 Å². The number of hydrogen-bond acceptors (Lipinski definition) is 2. The van der Waals surface area contributed by atoms with E-state index in [9.17, 15) is 5.11 Å². The fourth-order valence-corrected chi connectivity index (χ4v) is 2.00. The van der Waals surface area contributed by atoms with Crippen molar-refractivity contribution in [3.63, 3.8) is 0 Å². The molecule has 0 aliphatic heterocycles. The summed E-state index contributed by atoms with van der Waals surface area (Å²) in [5.41, 5.74) is 0.281. The van der Waals surface area contributed by atoms with E-state index in [4.69, 9.17) is 0 Å². The fourth-order valence-electron chi connectivity index (χ4n) is 2.00. The first-order valence-corrected chi connectivity index (χ1v) is 4.58. The topological polar surface area (TPSA) is 32.3 Å². The summed E-state index contributed by atoms with van der Waals surface area (Å²) in [6.07, 6.45) is 6.21. The van der Waals surface area contributed by atoms with Gasteiger partial charge in [-0.2, -0.15) is 0 Å². The monoisotopic (exact) mass is 157 g/mol. The van der Waals surface area contributed by atoms with E-state index < -0.39 is 0 Å². The normalized spacial score (nSPS) is 22.4. The molecule has 2 nitrogen and oxygen atoms in total. The summed E-state index contributed by atoms with van der Waals surface area (Å²) in [6, 6.07) is 0. The Kier molecular flexibility index (Phi) is 3.34. The van der Waals surface area contributed by atoms with Gasteiger partial charge in [-0.05, 0) is 38.3 Å². The van der Waals surface area contributed by atoms with Crippen molar-refractivity contribution in [2.45, 2.75) is 32.1 Å². The van der Waals surface area contributed by atoms with Gasteiger partial charge in [0.15, 0.2) is 0 Å². The van der Waals surface area contributed by atoms with Crippen LogP contribution in [0.5, 0.6) is 0 Å². The number of aliphatic hydroxyl groups excluding tert-OH is 1. The van der Waals surface area contributed by atoms with Crippen molar-refractivity contribution in [2.24, 2.45) is 5.41 Å². The van der Waals surface area contributed by atoms with E-state index in [1.165, 1.54) is 25.7 Å². The molecule has 0 aromatic rings. The molecule has 1 fully saturated rings. The molecule has 1 saturated carbocycles. The molecule has 0 unspecified atom stereocenters. The van der Waals surface area contributed by atoms with Gasteiger partial charge in [-0.3, -0.25) is 0 Å². The third-order valence-electron chi connectivity index (χ3n) is 2.90. The van der Waals surface area contributed by atoms with Gasteiger partial charge in [0.05, 0.1) is 0 Å². The lowest BCUT2D eigenvalue weighted by molar-refractivity contribution is 0.121. The van der Waals surface area contributed by atoms with Crippen LogP contribution in [0.4, 0.5) is 0 Å². The fraction of sp³-hybridized carbons (Fsp3) is 1.00. The summed E-state index contributed by atoms with van der Waals surface area (Å²) in [7, 11) is 1.97. The van der Waals surface area contributed by atoms with Crippen LogP contribution in [0.15, 0.2) is 0 Å². The van der Waals surface area contributed by atoms with E-state index in [1.807, 2.05) is 7.05 Å². The second kappa shape index (κ2) is 4.07. The Hall–Kier alpha value is -0.0800. The molecule has 2 N–H and O–H groups in total. The lowest BCUT2D eigenvalue weighted by atomic mass is 9.84. The molecule has 1 aliphatic rings. The van der Waals surface area contributed by atoms with Crippen LogP contribution in [-0.2, 0) is 0 Å². The van der Waals surface area contributed by atoms with Crippen LogP contribution in [0.1, 0.15) is 32.1 Å². The highest BCUT2D eigenvalue weighted by Gasteiger charge is 2.32. The molecule has 1 rings (SSSR count). The van der Waals surface area contributed by atoms with Crippen LogP contribution < -0.4 is 5.32 Å². The van der Waals surface area contributed by atoms with Gasteiger partial charge in [0, 0.05) is 6.61 Å². The molecular weight excluding hydrogens is 138 g/mol. The van der Waals surface area contributed by atoms with E-state index >= 15 is 0 Å². The predicted molar refractivity (Wildman–Crippen MR) is 46.5 cm³/mol. The molecule has 2 heteroatoms. The van der Waals surface area contributed by atoms with Crippen molar-refractivity contribution in [1.29, 1.82) is 0 Å². The van der Waals surface area contributed by atoms with E-state index in [2.05, 4.69) is 5.32 Å². The third-order valence-corrected chi connectivity index (χ3v) is 2.90. The maximum atomic E-state index is 9.22. The Labute approximate surface area is 69.0 Å². The Balaban J connectivity index is 2.33. The van der Waals surface area contributed by atoms with Crippen molar-refractivity contribution in [3.05, 3.63) is 0 Å². The van der Waals surface area contributed by atoms with Gasteiger partial charge in [-0.25, -0.2) is 0 Å². The van der Waals surface area contributed by atoms with Crippen LogP contribution in [0.3, 0.4) is 0 Å². The summed E-state index contributed by atoms with van der Waals surface area (Å²) < 4.78 is 0. The minimum atomic E-state index is 0.281. The smallest absolute Gasteiger partial charge is 0.0487 e. The Bertz CT molecular complexity index is 108. The molecule has 0 atom stereocenters. The SMILES string of the molecule is CNCCC1(CO)CCCC1. The molecule has 0 bridgehead atoms. The molecule has 0 spiro atoms. The molecule has 0 amide bonds. The van der Waals surface area contributed by atoms with Gasteiger partial charge in [0.2, 0.25) is 0 Å². The van der Waals surface area contributed by atoms with E-state index in [0.29, 0.717) is 6.61 Å². The molecule has 0 saturated heterocycles. The second-order valence-corrected chi connectivity index (χ2v) is 3.72. The average Bonchev–Trinajstić information content (AvgIpc) is 2.50. The van der Waals surface area contributed by atoms with Gasteiger partial charge >= 0.3 is 0 Å². The van der Waals surface area contributed by atoms with E-state index in [-0.39, 0.29) is 5.41 Å². The summed E-state index contributed by atoms with van der Waals surface area (Å²) in [6.45, 7) is 1.43. The molecule has 1 aliphatic carbocycles. The zero-order valence-corrected chi connectivity index (χ0v) is 7.40. The second-order valence-electron chi connectivity index (χ2n) is 3.72. The summed E-state index contributed by atoms with van der Waals surface area (Å²) in [5.74, 6) is 0. The quantitative estimate of drug-likeness (QED) is 0.641. The Morgan fingerprint density at radius 2 is 2.00 bits per heavy atom. The van der Waals surface area contributed by atoms with Crippen molar-refractivity contribution >= 4 is 0 Å². The average molecular weight is 157 g/mol. The van der Waals surface area contributed by atoms with Crippen molar-refractivity contribution < 1.29 is 5.11 Å². The number of nitrogens with one attached hydrogen (secondary N) is 1. The highest BCUT2D eigenvalue weighted by molar-refractivity contribution is 4.84. The van der Waals surface area contributed by atoms with Crippen molar-refractivity contribution in [1.82, 2.24) is 5.32 Å². The van der Waals surface area contributed by atoms with Crippen LogP contribution in [-0.4, -0.2) is 25.3 Å². The summed E-state index contributed by atoms with van der Waals surface area (Å²) >= 11 is 0. The zero-order chi connectivity index (χ0) is 8.16. The Morgan fingerprint density at radius 3 is 2.45 bits per heavy atom. The lowest BCUT2D eigenvalue weighted by Gasteiger charge is -2.25. The maximum absolute atomic E-state index is 9.22. The van der Waals surface area contributed by atoms with Crippen molar-refractivity contribution in [2.75, 3.05) is 20.2 Å². The molecule has 0 aromatic carbocycles. The minimum absolute atomic E-state index is 0.281. The molecule has 0 heterocycles. The molecular formula is C9H19NO. The van der Waals surface area contributed by atoms with Crippen LogP contribution in [0, 0.1) is 5.41 Å².